The minimum absolute atomic E-state index is 0.105. The number of nitrogens with zero attached hydrogens (tertiary/aromatic N) is 1. The number of imide groups is 1. The number of urea groups is 1. The zero-order chi connectivity index (χ0) is 18.8. The van der Waals surface area contributed by atoms with E-state index in [0.717, 1.165) is 4.90 Å². The van der Waals surface area contributed by atoms with Gasteiger partial charge < -0.3 is 14.8 Å². The van der Waals surface area contributed by atoms with Crippen molar-refractivity contribution in [1.29, 1.82) is 0 Å². The lowest BCUT2D eigenvalue weighted by atomic mass is 10.0. The number of aromatic carboxylic acids is 1. The maximum absolute atomic E-state index is 12.2. The normalized spacial score (nSPS) is 15.4. The van der Waals surface area contributed by atoms with Crippen LogP contribution >= 0.6 is 0 Å². The fourth-order valence-corrected chi connectivity index (χ4v) is 2.72. The molecule has 3 rings (SSSR count). The number of furan rings is 1. The van der Waals surface area contributed by atoms with Crippen LogP contribution in [-0.4, -0.2) is 34.5 Å². The molecule has 7 heteroatoms. The first-order valence-electron chi connectivity index (χ1n) is 7.81. The number of benzene rings is 1. The Morgan fingerprint density at radius 1 is 1.31 bits per heavy atom. The lowest BCUT2D eigenvalue weighted by Crippen LogP contribution is -2.30. The van der Waals surface area contributed by atoms with Gasteiger partial charge in [0.05, 0.1) is 5.56 Å². The molecule has 0 saturated carbocycles. The zero-order valence-electron chi connectivity index (χ0n) is 14.0. The molecule has 3 amide bonds. The SMILES string of the molecule is C=CCN1C(=O)N/C(=C/c2ccc(-c3cccc(C(=O)O)c3C)o2)C1=O. The second-order valence-corrected chi connectivity index (χ2v) is 5.68. The summed E-state index contributed by atoms with van der Waals surface area (Å²) >= 11 is 0. The van der Waals surface area contributed by atoms with Gasteiger partial charge in [-0.2, -0.15) is 0 Å². The second-order valence-electron chi connectivity index (χ2n) is 5.68. The maximum atomic E-state index is 12.2. The van der Waals surface area contributed by atoms with E-state index < -0.39 is 17.9 Å². The van der Waals surface area contributed by atoms with E-state index in [1.807, 2.05) is 0 Å². The number of hydrogen-bond donors (Lipinski definition) is 2. The zero-order valence-corrected chi connectivity index (χ0v) is 14.0. The summed E-state index contributed by atoms with van der Waals surface area (Å²) < 4.78 is 5.71. The number of nitrogens with one attached hydrogen (secondary N) is 1. The molecule has 132 valence electrons. The average Bonchev–Trinajstić information content (AvgIpc) is 3.15. The Hall–Kier alpha value is -3.61. The summed E-state index contributed by atoms with van der Waals surface area (Å²) in [4.78, 5) is 36.2. The van der Waals surface area contributed by atoms with Crippen molar-refractivity contribution < 1.29 is 23.9 Å². The first-order valence-corrected chi connectivity index (χ1v) is 7.81. The molecule has 1 aromatic carbocycles. The van der Waals surface area contributed by atoms with E-state index in [-0.39, 0.29) is 17.8 Å². The molecule has 1 aliphatic rings. The minimum Gasteiger partial charge on any atom is -0.478 e. The molecule has 7 nitrogen and oxygen atoms in total. The quantitative estimate of drug-likeness (QED) is 0.489. The van der Waals surface area contributed by atoms with Crippen molar-refractivity contribution in [2.75, 3.05) is 6.54 Å². The summed E-state index contributed by atoms with van der Waals surface area (Å²) in [5.74, 6) is -0.641. The van der Waals surface area contributed by atoms with Crippen LogP contribution in [0.4, 0.5) is 4.79 Å². The van der Waals surface area contributed by atoms with E-state index >= 15 is 0 Å². The molecule has 1 aliphatic heterocycles. The molecule has 1 saturated heterocycles. The largest absolute Gasteiger partial charge is 0.478 e. The minimum atomic E-state index is -1.01. The number of carbonyl (C=O) groups excluding carboxylic acids is 2. The summed E-state index contributed by atoms with van der Waals surface area (Å²) in [5.41, 5.74) is 1.52. The Morgan fingerprint density at radius 2 is 2.08 bits per heavy atom. The molecule has 0 spiro atoms. The molecule has 1 aromatic heterocycles. The molecular formula is C19H16N2O5. The molecule has 0 radical (unpaired) electrons. The van der Waals surface area contributed by atoms with Crippen molar-refractivity contribution in [3.05, 3.63) is 65.6 Å². The lowest BCUT2D eigenvalue weighted by molar-refractivity contribution is -0.122. The summed E-state index contributed by atoms with van der Waals surface area (Å²) in [6.45, 7) is 5.33. The van der Waals surface area contributed by atoms with E-state index in [2.05, 4.69) is 11.9 Å². The van der Waals surface area contributed by atoms with Crippen molar-refractivity contribution in [3.8, 4) is 11.3 Å². The van der Waals surface area contributed by atoms with Crippen molar-refractivity contribution in [2.24, 2.45) is 0 Å². The van der Waals surface area contributed by atoms with Crippen molar-refractivity contribution in [1.82, 2.24) is 10.2 Å². The first-order chi connectivity index (χ1) is 12.4. The van der Waals surface area contributed by atoms with Crippen molar-refractivity contribution in [3.63, 3.8) is 0 Å². The number of carbonyl (C=O) groups is 3. The third kappa shape index (κ3) is 3.02. The smallest absolute Gasteiger partial charge is 0.335 e. The maximum Gasteiger partial charge on any atom is 0.335 e. The summed E-state index contributed by atoms with van der Waals surface area (Å²) in [6.07, 6.45) is 2.90. The van der Waals surface area contributed by atoms with Gasteiger partial charge in [-0.3, -0.25) is 9.69 Å². The van der Waals surface area contributed by atoms with Crippen molar-refractivity contribution in [2.45, 2.75) is 6.92 Å². The summed E-state index contributed by atoms with van der Waals surface area (Å²) in [6, 6.07) is 7.73. The average molecular weight is 352 g/mol. The van der Waals surface area contributed by atoms with E-state index in [0.29, 0.717) is 22.6 Å². The third-order valence-electron chi connectivity index (χ3n) is 4.02. The van der Waals surface area contributed by atoms with Crippen LogP contribution in [0.1, 0.15) is 21.7 Å². The highest BCUT2D eigenvalue weighted by Crippen LogP contribution is 2.28. The van der Waals surface area contributed by atoms with Gasteiger partial charge in [0.25, 0.3) is 5.91 Å². The molecule has 26 heavy (non-hydrogen) atoms. The van der Waals surface area contributed by atoms with Gasteiger partial charge in [0.2, 0.25) is 0 Å². The highest BCUT2D eigenvalue weighted by atomic mass is 16.4. The van der Waals surface area contributed by atoms with Gasteiger partial charge in [-0.05, 0) is 30.7 Å². The lowest BCUT2D eigenvalue weighted by Gasteiger charge is -2.06. The molecule has 2 heterocycles. The second kappa shape index (κ2) is 6.72. The summed E-state index contributed by atoms with van der Waals surface area (Å²) in [7, 11) is 0. The van der Waals surface area contributed by atoms with E-state index in [1.54, 1.807) is 31.2 Å². The van der Waals surface area contributed by atoms with Crippen molar-refractivity contribution >= 4 is 24.0 Å². The van der Waals surface area contributed by atoms with Gasteiger partial charge in [0.1, 0.15) is 17.2 Å². The van der Waals surface area contributed by atoms with Crippen LogP contribution in [0.25, 0.3) is 17.4 Å². The Morgan fingerprint density at radius 3 is 2.77 bits per heavy atom. The molecule has 0 bridgehead atoms. The van der Waals surface area contributed by atoms with E-state index in [1.165, 1.54) is 18.2 Å². The number of rotatable bonds is 5. The highest BCUT2D eigenvalue weighted by Gasteiger charge is 2.32. The Labute approximate surface area is 149 Å². The number of carboxylic acids is 1. The Kier molecular flexibility index (Phi) is 4.45. The monoisotopic (exact) mass is 352 g/mol. The predicted octanol–water partition coefficient (Wildman–Crippen LogP) is 3.03. The highest BCUT2D eigenvalue weighted by molar-refractivity contribution is 6.13. The van der Waals surface area contributed by atoms with E-state index in [4.69, 9.17) is 4.42 Å². The van der Waals surface area contributed by atoms with Crippen LogP contribution in [0, 0.1) is 6.92 Å². The van der Waals surface area contributed by atoms with E-state index in [9.17, 15) is 19.5 Å². The van der Waals surface area contributed by atoms with Gasteiger partial charge in [0.15, 0.2) is 0 Å². The number of carboxylic acid groups (broad SMARTS) is 1. The Balaban J connectivity index is 1.91. The van der Waals surface area contributed by atoms with Crippen LogP contribution in [0.3, 0.4) is 0 Å². The first kappa shape index (κ1) is 17.2. The molecule has 0 atom stereocenters. The number of hydrogen-bond acceptors (Lipinski definition) is 4. The summed E-state index contributed by atoms with van der Waals surface area (Å²) in [5, 5.41) is 11.7. The molecule has 1 fully saturated rings. The number of amides is 3. The molecular weight excluding hydrogens is 336 g/mol. The molecule has 2 N–H and O–H groups in total. The van der Waals surface area contributed by atoms with Crippen LogP contribution in [0.2, 0.25) is 0 Å². The van der Waals surface area contributed by atoms with Crippen LogP contribution < -0.4 is 5.32 Å². The Bertz CT molecular complexity index is 955. The van der Waals surface area contributed by atoms with Crippen LogP contribution in [0.5, 0.6) is 0 Å². The molecule has 0 unspecified atom stereocenters. The third-order valence-corrected chi connectivity index (χ3v) is 4.02. The fourth-order valence-electron chi connectivity index (χ4n) is 2.72. The van der Waals surface area contributed by atoms with Crippen LogP contribution in [0.15, 0.2) is 53.1 Å². The van der Waals surface area contributed by atoms with Gasteiger partial charge in [-0.1, -0.05) is 18.2 Å². The van der Waals surface area contributed by atoms with Crippen LogP contribution in [-0.2, 0) is 4.79 Å². The standard InChI is InChI=1S/C19H16N2O5/c1-3-9-21-17(22)15(20-19(21)25)10-12-7-8-16(26-12)13-5-4-6-14(11(13)2)18(23)24/h3-8,10H,1,9H2,2H3,(H,20,25)(H,23,24)/b15-10+. The van der Waals surface area contributed by atoms with Gasteiger partial charge >= 0.3 is 12.0 Å². The van der Waals surface area contributed by atoms with Gasteiger partial charge in [0, 0.05) is 18.2 Å². The van der Waals surface area contributed by atoms with Gasteiger partial charge in [-0.25, -0.2) is 9.59 Å². The molecule has 0 aliphatic carbocycles. The topological polar surface area (TPSA) is 99.8 Å². The fraction of sp³-hybridized carbons (Fsp3) is 0.105. The molecule has 2 aromatic rings. The predicted molar refractivity (Wildman–Crippen MR) is 94.3 cm³/mol. The van der Waals surface area contributed by atoms with Gasteiger partial charge in [-0.15, -0.1) is 6.58 Å².